The quantitative estimate of drug-likeness (QED) is 0.610. The lowest BCUT2D eigenvalue weighted by atomic mass is 10.2. The van der Waals surface area contributed by atoms with Gasteiger partial charge in [-0.25, -0.2) is 0 Å². The number of ether oxygens (including phenoxy) is 1. The first-order chi connectivity index (χ1) is 13.5. The summed E-state index contributed by atoms with van der Waals surface area (Å²) in [6.07, 6.45) is 0. The number of benzene rings is 3. The maximum absolute atomic E-state index is 12.1. The molecule has 0 heterocycles. The second-order valence-corrected chi connectivity index (χ2v) is 6.60. The Hall–Kier alpha value is -3.31. The van der Waals surface area contributed by atoms with Crippen LogP contribution in [0, 0.1) is 6.92 Å². The van der Waals surface area contributed by atoms with Crippen LogP contribution in [-0.2, 0) is 16.2 Å². The van der Waals surface area contributed by atoms with Crippen LogP contribution in [0.3, 0.4) is 0 Å². The molecule has 0 unspecified atom stereocenters. The molecule has 0 aromatic heterocycles. The lowest BCUT2D eigenvalue weighted by Crippen LogP contribution is -2.29. The number of carbonyl (C=O) groups excluding carboxylic acids is 2. The molecule has 2 N–H and O–H groups in total. The molecule has 0 saturated heterocycles. The van der Waals surface area contributed by atoms with Crippen molar-refractivity contribution in [2.75, 3.05) is 10.6 Å². The number of aryl methyl sites for hydroxylation is 1. The van der Waals surface area contributed by atoms with Crippen LogP contribution in [0.25, 0.3) is 0 Å². The molecule has 0 bridgehead atoms. The highest BCUT2D eigenvalue weighted by atomic mass is 35.5. The molecule has 0 spiro atoms. The van der Waals surface area contributed by atoms with Gasteiger partial charge >= 0.3 is 11.8 Å². The Balaban J connectivity index is 1.54. The van der Waals surface area contributed by atoms with Crippen molar-refractivity contribution in [1.82, 2.24) is 0 Å². The molecule has 142 valence electrons. The molecule has 0 aliphatic heterocycles. The first-order valence-electron chi connectivity index (χ1n) is 8.66. The van der Waals surface area contributed by atoms with Crippen LogP contribution in [0.5, 0.6) is 5.75 Å². The van der Waals surface area contributed by atoms with Crippen LogP contribution < -0.4 is 15.4 Å². The summed E-state index contributed by atoms with van der Waals surface area (Å²) in [7, 11) is 0. The Morgan fingerprint density at radius 2 is 1.57 bits per heavy atom. The summed E-state index contributed by atoms with van der Waals surface area (Å²) in [5.74, 6) is -0.842. The Morgan fingerprint density at radius 1 is 0.893 bits per heavy atom. The summed E-state index contributed by atoms with van der Waals surface area (Å²) in [5, 5.41) is 5.70. The number of carbonyl (C=O) groups is 2. The number of anilines is 2. The molecule has 28 heavy (non-hydrogen) atoms. The number of halogens is 1. The van der Waals surface area contributed by atoms with Crippen LogP contribution in [0.1, 0.15) is 11.1 Å². The zero-order valence-electron chi connectivity index (χ0n) is 15.2. The number of amides is 2. The van der Waals surface area contributed by atoms with Gasteiger partial charge in [0.05, 0.1) is 0 Å². The van der Waals surface area contributed by atoms with E-state index in [4.69, 9.17) is 16.3 Å². The second-order valence-electron chi connectivity index (χ2n) is 6.17. The van der Waals surface area contributed by atoms with E-state index in [-0.39, 0.29) is 0 Å². The molecule has 3 aromatic carbocycles. The zero-order valence-corrected chi connectivity index (χ0v) is 16.0. The van der Waals surface area contributed by atoms with Crippen LogP contribution in [0.15, 0.2) is 72.8 Å². The molecule has 3 rings (SSSR count). The first-order valence-corrected chi connectivity index (χ1v) is 9.04. The van der Waals surface area contributed by atoms with E-state index in [1.165, 1.54) is 0 Å². The molecule has 3 aromatic rings. The van der Waals surface area contributed by atoms with E-state index in [1.54, 1.807) is 49.4 Å². The average Bonchev–Trinajstić information content (AvgIpc) is 2.70. The van der Waals surface area contributed by atoms with E-state index >= 15 is 0 Å². The van der Waals surface area contributed by atoms with E-state index in [1.807, 2.05) is 30.3 Å². The predicted octanol–water partition coefficient (Wildman–Crippen LogP) is 4.80. The van der Waals surface area contributed by atoms with Crippen molar-refractivity contribution < 1.29 is 14.3 Å². The molecular weight excluding hydrogens is 376 g/mol. The first kappa shape index (κ1) is 19.5. The molecule has 0 saturated carbocycles. The highest BCUT2D eigenvalue weighted by Gasteiger charge is 2.15. The highest BCUT2D eigenvalue weighted by Crippen LogP contribution is 2.20. The van der Waals surface area contributed by atoms with Gasteiger partial charge in [-0.15, -0.1) is 0 Å². The maximum atomic E-state index is 12.1. The van der Waals surface area contributed by atoms with Crippen LogP contribution >= 0.6 is 11.6 Å². The van der Waals surface area contributed by atoms with Gasteiger partial charge in [-0.2, -0.15) is 0 Å². The van der Waals surface area contributed by atoms with Gasteiger partial charge in [0.15, 0.2) is 0 Å². The molecule has 0 fully saturated rings. The van der Waals surface area contributed by atoms with Gasteiger partial charge in [0.2, 0.25) is 0 Å². The summed E-state index contributed by atoms with van der Waals surface area (Å²) in [5.41, 5.74) is 2.87. The summed E-state index contributed by atoms with van der Waals surface area (Å²) in [4.78, 5) is 24.2. The van der Waals surface area contributed by atoms with Crippen molar-refractivity contribution in [3.63, 3.8) is 0 Å². The summed E-state index contributed by atoms with van der Waals surface area (Å²) >= 11 is 5.89. The van der Waals surface area contributed by atoms with Gasteiger partial charge in [-0.1, -0.05) is 41.9 Å². The monoisotopic (exact) mass is 394 g/mol. The third-order valence-corrected chi connectivity index (χ3v) is 4.24. The minimum Gasteiger partial charge on any atom is -0.489 e. The molecule has 0 radical (unpaired) electrons. The van der Waals surface area contributed by atoms with E-state index < -0.39 is 11.8 Å². The van der Waals surface area contributed by atoms with Crippen molar-refractivity contribution in [1.29, 1.82) is 0 Å². The topological polar surface area (TPSA) is 67.4 Å². The van der Waals surface area contributed by atoms with E-state index in [0.29, 0.717) is 28.8 Å². The lowest BCUT2D eigenvalue weighted by Gasteiger charge is -2.10. The van der Waals surface area contributed by atoms with Crippen LogP contribution in [0.4, 0.5) is 11.4 Å². The Bertz CT molecular complexity index is 973. The number of rotatable bonds is 5. The van der Waals surface area contributed by atoms with Gasteiger partial charge in [-0.3, -0.25) is 9.59 Å². The van der Waals surface area contributed by atoms with Crippen molar-refractivity contribution in [2.24, 2.45) is 0 Å². The highest BCUT2D eigenvalue weighted by molar-refractivity contribution is 6.43. The minimum absolute atomic E-state index is 0.454. The molecule has 5 nitrogen and oxygen atoms in total. The van der Waals surface area contributed by atoms with Crippen molar-refractivity contribution in [2.45, 2.75) is 13.5 Å². The third kappa shape index (κ3) is 5.34. The van der Waals surface area contributed by atoms with Crippen LogP contribution in [-0.4, -0.2) is 11.8 Å². The maximum Gasteiger partial charge on any atom is 0.314 e. The number of hydrogen-bond acceptors (Lipinski definition) is 3. The van der Waals surface area contributed by atoms with E-state index in [9.17, 15) is 9.59 Å². The molecule has 0 aliphatic carbocycles. The van der Waals surface area contributed by atoms with Gasteiger partial charge in [0.1, 0.15) is 12.4 Å². The zero-order chi connectivity index (χ0) is 19.9. The normalized spacial score (nSPS) is 10.2. The van der Waals surface area contributed by atoms with Crippen molar-refractivity contribution in [3.05, 3.63) is 88.9 Å². The second kappa shape index (κ2) is 9.06. The van der Waals surface area contributed by atoms with E-state index in [2.05, 4.69) is 10.6 Å². The van der Waals surface area contributed by atoms with Crippen LogP contribution in [0.2, 0.25) is 5.02 Å². The van der Waals surface area contributed by atoms with Gasteiger partial charge < -0.3 is 15.4 Å². The predicted molar refractivity (Wildman–Crippen MR) is 111 cm³/mol. The van der Waals surface area contributed by atoms with Crippen molar-refractivity contribution in [3.8, 4) is 5.75 Å². The number of nitrogens with one attached hydrogen (secondary N) is 2. The molecule has 2 amide bonds. The Kier molecular flexibility index (Phi) is 6.29. The fourth-order valence-electron chi connectivity index (χ4n) is 2.51. The minimum atomic E-state index is -0.757. The fraction of sp³-hybridized carbons (Fsp3) is 0.0909. The molecule has 6 heteroatoms. The standard InChI is InChI=1S/C22H19ClN2O3/c1-15-13-17(23)7-12-20(15)25-22(27)21(26)24-18-8-10-19(11-9-18)28-14-16-5-3-2-4-6-16/h2-13H,14H2,1H3,(H,24,26)(H,25,27). The van der Waals surface area contributed by atoms with E-state index in [0.717, 1.165) is 11.1 Å². The summed E-state index contributed by atoms with van der Waals surface area (Å²) in [6, 6.07) is 21.7. The largest absolute Gasteiger partial charge is 0.489 e. The smallest absolute Gasteiger partial charge is 0.314 e. The lowest BCUT2D eigenvalue weighted by molar-refractivity contribution is -0.133. The Morgan fingerprint density at radius 3 is 2.25 bits per heavy atom. The molecule has 0 atom stereocenters. The summed E-state index contributed by atoms with van der Waals surface area (Å²) < 4.78 is 5.70. The Labute approximate surface area is 168 Å². The number of hydrogen-bond donors (Lipinski definition) is 2. The molecule has 0 aliphatic rings. The SMILES string of the molecule is Cc1cc(Cl)ccc1NC(=O)C(=O)Nc1ccc(OCc2ccccc2)cc1. The van der Waals surface area contributed by atoms with Gasteiger partial charge in [-0.05, 0) is 60.5 Å². The van der Waals surface area contributed by atoms with Gasteiger partial charge in [0, 0.05) is 16.4 Å². The summed E-state index contributed by atoms with van der Waals surface area (Å²) in [6.45, 7) is 2.25. The fourth-order valence-corrected chi connectivity index (χ4v) is 2.74. The average molecular weight is 395 g/mol. The molecular formula is C22H19ClN2O3. The third-order valence-electron chi connectivity index (χ3n) is 4.00. The van der Waals surface area contributed by atoms with Gasteiger partial charge in [0.25, 0.3) is 0 Å². The van der Waals surface area contributed by atoms with Crippen molar-refractivity contribution >= 4 is 34.8 Å².